The molecular weight excluding hydrogens is 241 g/mol. The standard InChI is InChI=1S/C16H26FNO/c1-5-14(12-8-6-7-9-13(12)17)18-15(10-11-19)16(2,3)4/h6-9,14-15,18-19H,5,10-11H2,1-4H3. The average molecular weight is 267 g/mol. The minimum atomic E-state index is -0.168. The number of aliphatic hydroxyl groups excluding tert-OH is 1. The fraction of sp³-hybridized carbons (Fsp3) is 0.625. The van der Waals surface area contributed by atoms with Crippen molar-refractivity contribution in [3.05, 3.63) is 35.6 Å². The lowest BCUT2D eigenvalue weighted by atomic mass is 9.84. The van der Waals surface area contributed by atoms with Crippen molar-refractivity contribution in [2.75, 3.05) is 6.61 Å². The van der Waals surface area contributed by atoms with Gasteiger partial charge in [0.05, 0.1) is 0 Å². The van der Waals surface area contributed by atoms with Gasteiger partial charge < -0.3 is 10.4 Å². The van der Waals surface area contributed by atoms with Gasteiger partial charge in [0.2, 0.25) is 0 Å². The summed E-state index contributed by atoms with van der Waals surface area (Å²) in [5.74, 6) is -0.168. The predicted octanol–water partition coefficient (Wildman–Crippen LogP) is 3.66. The van der Waals surface area contributed by atoms with E-state index < -0.39 is 0 Å². The van der Waals surface area contributed by atoms with Gasteiger partial charge in [-0.2, -0.15) is 0 Å². The summed E-state index contributed by atoms with van der Waals surface area (Å²) in [6, 6.07) is 7.04. The highest BCUT2D eigenvalue weighted by Gasteiger charge is 2.27. The molecule has 0 aliphatic rings. The normalized spacial score (nSPS) is 15.3. The van der Waals surface area contributed by atoms with Crippen molar-refractivity contribution in [1.82, 2.24) is 5.32 Å². The van der Waals surface area contributed by atoms with Gasteiger partial charge in [0.15, 0.2) is 0 Å². The van der Waals surface area contributed by atoms with Crippen molar-refractivity contribution in [3.63, 3.8) is 0 Å². The SMILES string of the molecule is CCC(NC(CCO)C(C)(C)C)c1ccccc1F. The molecule has 2 nitrogen and oxygen atoms in total. The molecule has 0 heterocycles. The van der Waals surface area contributed by atoms with Crippen LogP contribution in [0.2, 0.25) is 0 Å². The minimum absolute atomic E-state index is 0.0167. The maximum Gasteiger partial charge on any atom is 0.127 e. The predicted molar refractivity (Wildman–Crippen MR) is 77.5 cm³/mol. The van der Waals surface area contributed by atoms with Gasteiger partial charge in [-0.3, -0.25) is 0 Å². The highest BCUT2D eigenvalue weighted by molar-refractivity contribution is 5.21. The Balaban J connectivity index is 2.89. The summed E-state index contributed by atoms with van der Waals surface area (Å²) in [5, 5.41) is 12.7. The summed E-state index contributed by atoms with van der Waals surface area (Å²) in [4.78, 5) is 0. The van der Waals surface area contributed by atoms with Gasteiger partial charge in [0.1, 0.15) is 5.82 Å². The third-order valence-electron chi connectivity index (χ3n) is 3.55. The third-order valence-corrected chi connectivity index (χ3v) is 3.55. The van der Waals surface area contributed by atoms with E-state index in [2.05, 4.69) is 26.1 Å². The molecule has 0 spiro atoms. The zero-order valence-corrected chi connectivity index (χ0v) is 12.4. The quantitative estimate of drug-likeness (QED) is 0.824. The fourth-order valence-electron chi connectivity index (χ4n) is 2.32. The van der Waals surface area contributed by atoms with Gasteiger partial charge in [-0.15, -0.1) is 0 Å². The molecule has 2 N–H and O–H groups in total. The van der Waals surface area contributed by atoms with Crippen LogP contribution in [0, 0.1) is 11.2 Å². The summed E-state index contributed by atoms with van der Waals surface area (Å²) >= 11 is 0. The number of rotatable bonds is 6. The van der Waals surface area contributed by atoms with Crippen molar-refractivity contribution < 1.29 is 9.50 Å². The highest BCUT2D eigenvalue weighted by atomic mass is 19.1. The van der Waals surface area contributed by atoms with E-state index in [1.54, 1.807) is 6.07 Å². The second kappa shape index (κ2) is 7.01. The van der Waals surface area contributed by atoms with E-state index in [0.717, 1.165) is 6.42 Å². The van der Waals surface area contributed by atoms with Crippen LogP contribution in [-0.4, -0.2) is 17.8 Å². The van der Waals surface area contributed by atoms with E-state index >= 15 is 0 Å². The first-order valence-corrected chi connectivity index (χ1v) is 7.01. The van der Waals surface area contributed by atoms with Gasteiger partial charge in [0, 0.05) is 24.3 Å². The molecule has 1 aromatic rings. The van der Waals surface area contributed by atoms with Crippen molar-refractivity contribution in [2.24, 2.45) is 5.41 Å². The van der Waals surface area contributed by atoms with Gasteiger partial charge in [0.25, 0.3) is 0 Å². The Hall–Kier alpha value is -0.930. The maximum atomic E-state index is 13.9. The minimum Gasteiger partial charge on any atom is -0.396 e. The molecule has 0 amide bonds. The summed E-state index contributed by atoms with van der Waals surface area (Å²) in [5.41, 5.74) is 0.735. The van der Waals surface area contributed by atoms with E-state index in [-0.39, 0.29) is 29.9 Å². The van der Waals surface area contributed by atoms with Crippen LogP contribution in [0.5, 0.6) is 0 Å². The molecule has 0 aromatic heterocycles. The zero-order valence-electron chi connectivity index (χ0n) is 12.4. The lowest BCUT2D eigenvalue weighted by Crippen LogP contribution is -2.43. The van der Waals surface area contributed by atoms with E-state index in [1.165, 1.54) is 6.07 Å². The first-order valence-electron chi connectivity index (χ1n) is 7.01. The van der Waals surface area contributed by atoms with Crippen molar-refractivity contribution in [1.29, 1.82) is 0 Å². The lowest BCUT2D eigenvalue weighted by molar-refractivity contribution is 0.183. The first-order chi connectivity index (χ1) is 8.90. The fourth-order valence-corrected chi connectivity index (χ4v) is 2.32. The molecule has 2 unspecified atom stereocenters. The Morgan fingerprint density at radius 2 is 1.89 bits per heavy atom. The van der Waals surface area contributed by atoms with Crippen LogP contribution in [0.25, 0.3) is 0 Å². The monoisotopic (exact) mass is 267 g/mol. The maximum absolute atomic E-state index is 13.9. The molecule has 19 heavy (non-hydrogen) atoms. The van der Waals surface area contributed by atoms with Crippen molar-refractivity contribution in [2.45, 2.75) is 52.6 Å². The number of nitrogens with one attached hydrogen (secondary N) is 1. The molecule has 1 aromatic carbocycles. The lowest BCUT2D eigenvalue weighted by Gasteiger charge is -2.35. The Labute approximate surface area is 116 Å². The number of aliphatic hydroxyl groups is 1. The number of benzene rings is 1. The number of hydrogen-bond acceptors (Lipinski definition) is 2. The molecule has 0 saturated carbocycles. The van der Waals surface area contributed by atoms with Gasteiger partial charge >= 0.3 is 0 Å². The Bertz CT molecular complexity index is 387. The molecule has 108 valence electrons. The van der Waals surface area contributed by atoms with Crippen molar-refractivity contribution >= 4 is 0 Å². The van der Waals surface area contributed by atoms with Gasteiger partial charge in [-0.25, -0.2) is 4.39 Å². The molecule has 0 saturated heterocycles. The summed E-state index contributed by atoms with van der Waals surface area (Å²) in [6.07, 6.45) is 1.49. The molecule has 2 atom stereocenters. The van der Waals surface area contributed by atoms with Crippen LogP contribution in [0.4, 0.5) is 4.39 Å². The highest BCUT2D eigenvalue weighted by Crippen LogP contribution is 2.27. The molecule has 3 heteroatoms. The van der Waals surface area contributed by atoms with Crippen LogP contribution in [0.15, 0.2) is 24.3 Å². The van der Waals surface area contributed by atoms with Gasteiger partial charge in [-0.1, -0.05) is 45.9 Å². The van der Waals surface area contributed by atoms with Crippen LogP contribution < -0.4 is 5.32 Å². The van der Waals surface area contributed by atoms with E-state index in [1.807, 2.05) is 19.1 Å². The second-order valence-corrected chi connectivity index (χ2v) is 6.08. The van der Waals surface area contributed by atoms with E-state index in [0.29, 0.717) is 12.0 Å². The molecule has 0 aliphatic heterocycles. The van der Waals surface area contributed by atoms with Gasteiger partial charge in [-0.05, 0) is 24.3 Å². The smallest absolute Gasteiger partial charge is 0.127 e. The van der Waals surface area contributed by atoms with Crippen LogP contribution in [0.1, 0.15) is 52.1 Å². The molecule has 0 fully saturated rings. The molecular formula is C16H26FNO. The molecule has 1 rings (SSSR count). The number of halogens is 1. The summed E-state index contributed by atoms with van der Waals surface area (Å²) in [7, 11) is 0. The topological polar surface area (TPSA) is 32.3 Å². The first kappa shape index (κ1) is 16.1. The Morgan fingerprint density at radius 1 is 1.26 bits per heavy atom. The summed E-state index contributed by atoms with van der Waals surface area (Å²) < 4.78 is 13.9. The van der Waals surface area contributed by atoms with Crippen molar-refractivity contribution in [3.8, 4) is 0 Å². The molecule has 0 radical (unpaired) electrons. The number of hydrogen-bond donors (Lipinski definition) is 2. The molecule has 0 aliphatic carbocycles. The Kier molecular flexibility index (Phi) is 5.95. The third kappa shape index (κ3) is 4.59. The molecule has 0 bridgehead atoms. The largest absolute Gasteiger partial charge is 0.396 e. The van der Waals surface area contributed by atoms with E-state index in [4.69, 9.17) is 0 Å². The van der Waals surface area contributed by atoms with E-state index in [9.17, 15) is 9.50 Å². The average Bonchev–Trinajstić information content (AvgIpc) is 2.34. The van der Waals surface area contributed by atoms with Crippen LogP contribution in [0.3, 0.4) is 0 Å². The second-order valence-electron chi connectivity index (χ2n) is 6.08. The Morgan fingerprint density at radius 3 is 2.37 bits per heavy atom. The van der Waals surface area contributed by atoms with Crippen LogP contribution in [-0.2, 0) is 0 Å². The zero-order chi connectivity index (χ0) is 14.5. The summed E-state index contributed by atoms with van der Waals surface area (Å²) in [6.45, 7) is 8.59. The van der Waals surface area contributed by atoms with Crippen LogP contribution >= 0.6 is 0 Å².